The van der Waals surface area contributed by atoms with Crippen molar-refractivity contribution in [1.29, 1.82) is 0 Å². The number of ketones is 2. The average molecular weight is 713 g/mol. The van der Waals surface area contributed by atoms with E-state index in [-0.39, 0.29) is 11.6 Å². The second-order valence-corrected chi connectivity index (χ2v) is 18.2. The first-order valence-corrected chi connectivity index (χ1v) is 18.4. The third kappa shape index (κ3) is 8.20. The Balaban J connectivity index is 1.90. The SMILES string of the molecule is COc1cccc(C(=C2C=C(C(C)(C)C)C(=O)C(C(C)(C)C)=C2)c2ccc(C(=C3C=C(C(C)(C)C)C(=O)C(C(C)(C)C)=C3)c3cccc(OC)c3)o2)c1. The molecule has 1 aromatic heterocycles. The highest BCUT2D eigenvalue weighted by Gasteiger charge is 2.37. The van der Waals surface area contributed by atoms with Gasteiger partial charge in [-0.3, -0.25) is 9.59 Å². The molecule has 0 saturated heterocycles. The molecule has 0 saturated carbocycles. The van der Waals surface area contributed by atoms with Crippen LogP contribution in [-0.2, 0) is 9.59 Å². The fourth-order valence-corrected chi connectivity index (χ4v) is 6.84. The lowest BCUT2D eigenvalue weighted by molar-refractivity contribution is -0.114. The lowest BCUT2D eigenvalue weighted by Crippen LogP contribution is -2.28. The lowest BCUT2D eigenvalue weighted by atomic mass is 9.71. The van der Waals surface area contributed by atoms with Crippen molar-refractivity contribution in [3.05, 3.63) is 141 Å². The van der Waals surface area contributed by atoms with E-state index in [1.165, 1.54) is 0 Å². The monoisotopic (exact) mass is 712 g/mol. The van der Waals surface area contributed by atoms with E-state index in [0.717, 1.165) is 55.7 Å². The maximum absolute atomic E-state index is 14.0. The van der Waals surface area contributed by atoms with E-state index >= 15 is 0 Å². The van der Waals surface area contributed by atoms with Crippen LogP contribution in [0, 0.1) is 21.7 Å². The van der Waals surface area contributed by atoms with Crippen molar-refractivity contribution in [2.45, 2.75) is 83.1 Å². The molecule has 5 rings (SSSR count). The van der Waals surface area contributed by atoms with Gasteiger partial charge in [0.1, 0.15) is 23.0 Å². The lowest BCUT2D eigenvalue weighted by Gasteiger charge is -2.32. The van der Waals surface area contributed by atoms with Crippen LogP contribution in [0.1, 0.15) is 106 Å². The Bertz CT molecular complexity index is 1920. The number of hydrogen-bond acceptors (Lipinski definition) is 5. The molecule has 0 unspecified atom stereocenters. The molecule has 0 spiro atoms. The Kier molecular flexibility index (Phi) is 10.5. The molecular formula is C48H56O5. The van der Waals surface area contributed by atoms with Gasteiger partial charge in [0.05, 0.1) is 14.2 Å². The fraction of sp³-hybridized carbons (Fsp3) is 0.375. The van der Waals surface area contributed by atoms with Crippen molar-refractivity contribution in [2.24, 2.45) is 21.7 Å². The number of methoxy groups -OCH3 is 2. The molecule has 278 valence electrons. The molecule has 53 heavy (non-hydrogen) atoms. The Morgan fingerprint density at radius 3 is 1.04 bits per heavy atom. The van der Waals surface area contributed by atoms with Gasteiger partial charge < -0.3 is 13.9 Å². The summed E-state index contributed by atoms with van der Waals surface area (Å²) in [5.74, 6) is 2.84. The molecule has 0 aliphatic heterocycles. The van der Waals surface area contributed by atoms with Crippen molar-refractivity contribution < 1.29 is 23.5 Å². The first-order chi connectivity index (χ1) is 24.5. The van der Waals surface area contributed by atoms with Gasteiger partial charge in [0.2, 0.25) is 0 Å². The van der Waals surface area contributed by atoms with Crippen LogP contribution in [0.4, 0.5) is 0 Å². The number of allylic oxidation sites excluding steroid dienone is 10. The van der Waals surface area contributed by atoms with Crippen LogP contribution >= 0.6 is 0 Å². The normalized spacial score (nSPS) is 15.8. The Morgan fingerprint density at radius 1 is 0.472 bits per heavy atom. The van der Waals surface area contributed by atoms with E-state index in [0.29, 0.717) is 23.0 Å². The molecule has 0 atom stereocenters. The third-order valence-corrected chi connectivity index (χ3v) is 9.80. The van der Waals surface area contributed by atoms with E-state index < -0.39 is 21.7 Å². The number of Topliss-reactive ketones (excluding diaryl/α,β-unsaturated/α-hetero) is 2. The third-order valence-electron chi connectivity index (χ3n) is 9.80. The number of benzene rings is 2. The van der Waals surface area contributed by atoms with E-state index in [9.17, 15) is 9.59 Å². The summed E-state index contributed by atoms with van der Waals surface area (Å²) in [4.78, 5) is 28.0. The summed E-state index contributed by atoms with van der Waals surface area (Å²) in [5.41, 5.74) is 6.68. The molecule has 0 radical (unpaired) electrons. The summed E-state index contributed by atoms with van der Waals surface area (Å²) >= 11 is 0. The maximum atomic E-state index is 14.0. The molecule has 0 amide bonds. The summed E-state index contributed by atoms with van der Waals surface area (Å²) < 4.78 is 18.4. The van der Waals surface area contributed by atoms with E-state index in [1.54, 1.807) is 14.2 Å². The van der Waals surface area contributed by atoms with E-state index in [2.05, 4.69) is 83.1 Å². The zero-order valence-electron chi connectivity index (χ0n) is 34.1. The highest BCUT2D eigenvalue weighted by atomic mass is 16.5. The topological polar surface area (TPSA) is 65.7 Å². The molecule has 5 heteroatoms. The molecule has 2 aliphatic rings. The summed E-state index contributed by atoms with van der Waals surface area (Å²) in [6.45, 7) is 25.0. The maximum Gasteiger partial charge on any atom is 0.186 e. The van der Waals surface area contributed by atoms with E-state index in [1.807, 2.05) is 85.0 Å². The predicted octanol–water partition coefficient (Wildman–Crippen LogP) is 12.0. The molecule has 0 bridgehead atoms. The molecule has 5 nitrogen and oxygen atoms in total. The Labute approximate surface area is 316 Å². The Morgan fingerprint density at radius 2 is 0.774 bits per heavy atom. The van der Waals surface area contributed by atoms with Crippen molar-refractivity contribution in [2.75, 3.05) is 14.2 Å². The average Bonchev–Trinajstić information content (AvgIpc) is 3.53. The van der Waals surface area contributed by atoms with Gasteiger partial charge in [-0.2, -0.15) is 0 Å². The number of furan rings is 1. The van der Waals surface area contributed by atoms with Crippen LogP contribution in [0.2, 0.25) is 0 Å². The quantitative estimate of drug-likeness (QED) is 0.255. The predicted molar refractivity (Wildman–Crippen MR) is 217 cm³/mol. The first-order valence-electron chi connectivity index (χ1n) is 18.4. The zero-order chi connectivity index (χ0) is 39.3. The minimum atomic E-state index is -0.391. The molecule has 3 aromatic rings. The minimum absolute atomic E-state index is 0.0682. The van der Waals surface area contributed by atoms with Crippen LogP contribution in [0.3, 0.4) is 0 Å². The summed E-state index contributed by atoms with van der Waals surface area (Å²) in [5, 5.41) is 0. The second-order valence-electron chi connectivity index (χ2n) is 18.2. The van der Waals surface area contributed by atoms with Crippen LogP contribution in [-0.4, -0.2) is 25.8 Å². The molecular weight excluding hydrogens is 657 g/mol. The molecule has 0 N–H and O–H groups in total. The second kappa shape index (κ2) is 14.2. The van der Waals surface area contributed by atoms with Gasteiger partial charge in [0.15, 0.2) is 11.6 Å². The van der Waals surface area contributed by atoms with Crippen molar-refractivity contribution in [3.63, 3.8) is 0 Å². The molecule has 1 heterocycles. The van der Waals surface area contributed by atoms with E-state index in [4.69, 9.17) is 13.9 Å². The van der Waals surface area contributed by atoms with Gasteiger partial charge >= 0.3 is 0 Å². The summed E-state index contributed by atoms with van der Waals surface area (Å²) in [6.07, 6.45) is 8.11. The van der Waals surface area contributed by atoms with Crippen LogP contribution < -0.4 is 9.47 Å². The van der Waals surface area contributed by atoms with Gasteiger partial charge in [-0.15, -0.1) is 0 Å². The number of carbonyl (C=O) groups excluding carboxylic acids is 2. The number of carbonyl (C=O) groups is 2. The molecule has 0 fully saturated rings. The van der Waals surface area contributed by atoms with Crippen molar-refractivity contribution in [3.8, 4) is 11.5 Å². The smallest absolute Gasteiger partial charge is 0.186 e. The van der Waals surface area contributed by atoms with Crippen LogP contribution in [0.15, 0.2) is 123 Å². The van der Waals surface area contributed by atoms with Crippen molar-refractivity contribution >= 4 is 22.7 Å². The highest BCUT2D eigenvalue weighted by Crippen LogP contribution is 2.45. The number of rotatable bonds is 6. The van der Waals surface area contributed by atoms with Gasteiger partial charge in [0.25, 0.3) is 0 Å². The highest BCUT2D eigenvalue weighted by molar-refractivity contribution is 6.13. The zero-order valence-corrected chi connectivity index (χ0v) is 34.1. The largest absolute Gasteiger partial charge is 0.497 e. The first kappa shape index (κ1) is 39.3. The van der Waals surface area contributed by atoms with Gasteiger partial charge in [-0.25, -0.2) is 0 Å². The summed E-state index contributed by atoms with van der Waals surface area (Å²) in [7, 11) is 3.32. The molecule has 2 aromatic carbocycles. The van der Waals surface area contributed by atoms with Gasteiger partial charge in [-0.1, -0.05) is 107 Å². The number of hydrogen-bond donors (Lipinski definition) is 0. The standard InChI is InChI=1S/C48H56O5/c1-45(2,3)35-25-31(26-36(43(35)49)46(4,5)6)41(29-17-15-19-33(23-29)51-13)39-21-22-40(53-39)42(30-18-16-20-34(24-30)52-14)32-27-37(47(7,8)9)44(50)38(28-32)48(10,11)12/h15-28H,1-14H3. The molecule has 2 aliphatic carbocycles. The van der Waals surface area contributed by atoms with Crippen LogP contribution in [0.5, 0.6) is 11.5 Å². The Hall–Kier alpha value is -4.90. The van der Waals surface area contributed by atoms with Crippen LogP contribution in [0.25, 0.3) is 11.1 Å². The minimum Gasteiger partial charge on any atom is -0.497 e. The summed E-state index contributed by atoms with van der Waals surface area (Å²) in [6, 6.07) is 19.9. The van der Waals surface area contributed by atoms with Crippen molar-refractivity contribution in [1.82, 2.24) is 0 Å². The fourth-order valence-electron chi connectivity index (χ4n) is 6.84. The number of ether oxygens (including phenoxy) is 2. The van der Waals surface area contributed by atoms with Gasteiger partial charge in [0, 0.05) is 33.4 Å². The van der Waals surface area contributed by atoms with Gasteiger partial charge in [-0.05, 0) is 105 Å².